The number of rotatable bonds is 11. The van der Waals surface area contributed by atoms with Crippen LogP contribution in [0, 0.1) is 11.8 Å². The third-order valence-corrected chi connectivity index (χ3v) is 3.95. The Morgan fingerprint density at radius 1 is 1.04 bits per heavy atom. The van der Waals surface area contributed by atoms with Gasteiger partial charge in [0.15, 0.2) is 6.29 Å². The molecule has 1 N–H and O–H groups in total. The van der Waals surface area contributed by atoms with Crippen molar-refractivity contribution in [3.8, 4) is 0 Å². The first-order valence-corrected chi connectivity index (χ1v) is 9.05. The summed E-state index contributed by atoms with van der Waals surface area (Å²) in [6, 6.07) is 10.0. The quantitative estimate of drug-likeness (QED) is 0.613. The number of carbonyl (C=O) groups excluding carboxylic acids is 1. The number of ether oxygens (including phenoxy) is 2. The van der Waals surface area contributed by atoms with E-state index in [2.05, 4.69) is 19.2 Å². The molecule has 0 radical (unpaired) electrons. The second-order valence-electron chi connectivity index (χ2n) is 6.57. The fourth-order valence-electron chi connectivity index (χ4n) is 2.91. The summed E-state index contributed by atoms with van der Waals surface area (Å²) in [4.78, 5) is 12.5. The highest BCUT2D eigenvalue weighted by Gasteiger charge is 2.26. The van der Waals surface area contributed by atoms with E-state index < -0.39 is 0 Å². The van der Waals surface area contributed by atoms with Crippen LogP contribution in [0.2, 0.25) is 0 Å². The second kappa shape index (κ2) is 11.2. The van der Waals surface area contributed by atoms with Crippen LogP contribution in [0.1, 0.15) is 59.1 Å². The molecule has 0 saturated heterocycles. The third-order valence-electron chi connectivity index (χ3n) is 3.95. The number of nitrogens with one attached hydrogen (secondary N) is 1. The standard InChI is InChI=1S/C20H33NO3/c1-6-23-20(24-7-2)18(13-15(3)4)14-19(22)21-16(5)17-11-9-8-10-12-17/h8-12,15-16,18,20H,6-7,13-14H2,1-5H3,(H,21,22)/t16-,18?/m0/s1. The summed E-state index contributed by atoms with van der Waals surface area (Å²) >= 11 is 0. The maximum Gasteiger partial charge on any atom is 0.220 e. The number of hydrogen-bond acceptors (Lipinski definition) is 3. The van der Waals surface area contributed by atoms with E-state index in [4.69, 9.17) is 9.47 Å². The molecule has 0 aromatic heterocycles. The Hall–Kier alpha value is -1.39. The molecule has 0 spiro atoms. The van der Waals surface area contributed by atoms with E-state index in [1.165, 1.54) is 0 Å². The molecule has 4 nitrogen and oxygen atoms in total. The van der Waals surface area contributed by atoms with Crippen molar-refractivity contribution in [3.05, 3.63) is 35.9 Å². The molecule has 1 rings (SSSR count). The first kappa shape index (κ1) is 20.7. The van der Waals surface area contributed by atoms with E-state index in [-0.39, 0.29) is 24.2 Å². The van der Waals surface area contributed by atoms with Gasteiger partial charge in [0.2, 0.25) is 5.91 Å². The summed E-state index contributed by atoms with van der Waals surface area (Å²) in [6.45, 7) is 11.4. The zero-order chi connectivity index (χ0) is 17.9. The molecule has 0 fully saturated rings. The average Bonchev–Trinajstić information content (AvgIpc) is 2.54. The van der Waals surface area contributed by atoms with Crippen LogP contribution in [-0.2, 0) is 14.3 Å². The molecule has 4 heteroatoms. The second-order valence-corrected chi connectivity index (χ2v) is 6.57. The van der Waals surface area contributed by atoms with Crippen LogP contribution in [0.3, 0.4) is 0 Å². The molecule has 0 aliphatic carbocycles. The van der Waals surface area contributed by atoms with E-state index in [0.717, 1.165) is 12.0 Å². The van der Waals surface area contributed by atoms with E-state index in [1.807, 2.05) is 51.1 Å². The molecule has 1 unspecified atom stereocenters. The lowest BCUT2D eigenvalue weighted by atomic mass is 9.92. The van der Waals surface area contributed by atoms with Gasteiger partial charge in [0.25, 0.3) is 0 Å². The predicted octanol–water partition coefficient (Wildman–Crippen LogP) is 4.32. The molecule has 0 heterocycles. The van der Waals surface area contributed by atoms with Gasteiger partial charge in [-0.3, -0.25) is 4.79 Å². The van der Waals surface area contributed by atoms with Crippen molar-refractivity contribution < 1.29 is 14.3 Å². The van der Waals surface area contributed by atoms with Gasteiger partial charge in [0.05, 0.1) is 6.04 Å². The van der Waals surface area contributed by atoms with Gasteiger partial charge in [-0.05, 0) is 38.7 Å². The van der Waals surface area contributed by atoms with Crippen molar-refractivity contribution in [1.82, 2.24) is 5.32 Å². The summed E-state index contributed by atoms with van der Waals surface area (Å²) in [5.41, 5.74) is 1.11. The van der Waals surface area contributed by atoms with Gasteiger partial charge in [-0.15, -0.1) is 0 Å². The molecule has 136 valence electrons. The maximum atomic E-state index is 12.5. The average molecular weight is 335 g/mol. The number of amides is 1. The van der Waals surface area contributed by atoms with Crippen LogP contribution in [0.5, 0.6) is 0 Å². The van der Waals surface area contributed by atoms with Gasteiger partial charge in [0.1, 0.15) is 0 Å². The highest BCUT2D eigenvalue weighted by Crippen LogP contribution is 2.23. The van der Waals surface area contributed by atoms with Crippen LogP contribution in [0.25, 0.3) is 0 Å². The molecule has 0 aliphatic rings. The highest BCUT2D eigenvalue weighted by atomic mass is 16.7. The van der Waals surface area contributed by atoms with Crippen molar-refractivity contribution in [2.75, 3.05) is 13.2 Å². The van der Waals surface area contributed by atoms with Crippen LogP contribution < -0.4 is 5.32 Å². The molecule has 1 aromatic rings. The molecule has 0 aliphatic heterocycles. The minimum absolute atomic E-state index is 0.00367. The van der Waals surface area contributed by atoms with Gasteiger partial charge in [-0.2, -0.15) is 0 Å². The van der Waals surface area contributed by atoms with E-state index in [1.54, 1.807) is 0 Å². The van der Waals surface area contributed by atoms with Gasteiger partial charge in [-0.25, -0.2) is 0 Å². The maximum absolute atomic E-state index is 12.5. The minimum Gasteiger partial charge on any atom is -0.353 e. The summed E-state index contributed by atoms with van der Waals surface area (Å²) in [6.07, 6.45) is 0.998. The lowest BCUT2D eigenvalue weighted by Gasteiger charge is -2.28. The number of carbonyl (C=O) groups is 1. The Morgan fingerprint density at radius 3 is 2.12 bits per heavy atom. The highest BCUT2D eigenvalue weighted by molar-refractivity contribution is 5.76. The fourth-order valence-corrected chi connectivity index (χ4v) is 2.91. The van der Waals surface area contributed by atoms with Crippen LogP contribution in [0.15, 0.2) is 30.3 Å². The summed E-state index contributed by atoms with van der Waals surface area (Å²) in [5, 5.41) is 3.09. The summed E-state index contributed by atoms with van der Waals surface area (Å²) in [5.74, 6) is 0.590. The van der Waals surface area contributed by atoms with E-state index in [0.29, 0.717) is 25.6 Å². The lowest BCUT2D eigenvalue weighted by Crippen LogP contribution is -2.35. The molecule has 0 saturated carbocycles. The van der Waals surface area contributed by atoms with E-state index >= 15 is 0 Å². The molecule has 2 atom stereocenters. The normalized spacial score (nSPS) is 14.0. The molecule has 24 heavy (non-hydrogen) atoms. The molecule has 1 amide bonds. The smallest absolute Gasteiger partial charge is 0.220 e. The zero-order valence-corrected chi connectivity index (χ0v) is 15.7. The first-order valence-electron chi connectivity index (χ1n) is 9.05. The van der Waals surface area contributed by atoms with Crippen LogP contribution in [0.4, 0.5) is 0 Å². The minimum atomic E-state index is -0.319. The van der Waals surface area contributed by atoms with Crippen molar-refractivity contribution in [1.29, 1.82) is 0 Å². The Bertz CT molecular complexity index is 455. The lowest BCUT2D eigenvalue weighted by molar-refractivity contribution is -0.173. The van der Waals surface area contributed by atoms with Crippen LogP contribution in [-0.4, -0.2) is 25.4 Å². The largest absolute Gasteiger partial charge is 0.353 e. The Kier molecular flexibility index (Phi) is 9.65. The molecule has 0 bridgehead atoms. The third kappa shape index (κ3) is 7.45. The first-order chi connectivity index (χ1) is 11.5. The Labute approximate surface area is 146 Å². The van der Waals surface area contributed by atoms with Crippen molar-refractivity contribution in [2.24, 2.45) is 11.8 Å². The van der Waals surface area contributed by atoms with Crippen LogP contribution >= 0.6 is 0 Å². The number of benzene rings is 1. The number of hydrogen-bond donors (Lipinski definition) is 1. The molecular formula is C20H33NO3. The zero-order valence-electron chi connectivity index (χ0n) is 15.7. The fraction of sp³-hybridized carbons (Fsp3) is 0.650. The van der Waals surface area contributed by atoms with Gasteiger partial charge in [-0.1, -0.05) is 44.2 Å². The SMILES string of the molecule is CCOC(OCC)C(CC(=O)N[C@@H](C)c1ccccc1)CC(C)C. The monoisotopic (exact) mass is 335 g/mol. The molecule has 1 aromatic carbocycles. The Balaban J connectivity index is 2.68. The van der Waals surface area contributed by atoms with Gasteiger partial charge < -0.3 is 14.8 Å². The topological polar surface area (TPSA) is 47.6 Å². The summed E-state index contributed by atoms with van der Waals surface area (Å²) in [7, 11) is 0. The molecular weight excluding hydrogens is 302 g/mol. The predicted molar refractivity (Wildman–Crippen MR) is 97.6 cm³/mol. The van der Waals surface area contributed by atoms with Crippen molar-refractivity contribution in [3.63, 3.8) is 0 Å². The van der Waals surface area contributed by atoms with E-state index in [9.17, 15) is 4.79 Å². The van der Waals surface area contributed by atoms with Crippen molar-refractivity contribution in [2.45, 2.75) is 59.8 Å². The van der Waals surface area contributed by atoms with Crippen molar-refractivity contribution >= 4 is 5.91 Å². The summed E-state index contributed by atoms with van der Waals surface area (Å²) < 4.78 is 11.5. The van der Waals surface area contributed by atoms with Gasteiger partial charge >= 0.3 is 0 Å². The Morgan fingerprint density at radius 2 is 1.62 bits per heavy atom. The van der Waals surface area contributed by atoms with Gasteiger partial charge in [0, 0.05) is 25.6 Å².